The van der Waals surface area contributed by atoms with Gasteiger partial charge in [0.15, 0.2) is 5.75 Å². The van der Waals surface area contributed by atoms with Crippen molar-refractivity contribution in [2.45, 2.75) is 25.8 Å². The number of amides is 1. The molecule has 1 unspecified atom stereocenters. The molecule has 1 aromatic rings. The average Bonchev–Trinajstić information content (AvgIpc) is 2.39. The number of aliphatic carboxylic acids is 1. The number of aromatic hydroxyl groups is 1. The first-order valence-electron chi connectivity index (χ1n) is 5.81. The standard InChI is InChI=1S/C12H14N2O6/c1-2-11(16)13-8(12(17)18)5-7-3-4-10(15)9(6-7)14(19)20/h3-4,6,8,15H,2,5H2,1H3,(H,13,16)(H,17,18)/p-1. The highest BCUT2D eigenvalue weighted by Gasteiger charge is 2.17. The van der Waals surface area contributed by atoms with E-state index in [-0.39, 0.29) is 12.8 Å². The largest absolute Gasteiger partial charge is 0.548 e. The molecule has 108 valence electrons. The molecule has 1 aromatic carbocycles. The minimum absolute atomic E-state index is 0.111. The zero-order chi connectivity index (χ0) is 15.3. The molecule has 0 aliphatic rings. The molecule has 0 bridgehead atoms. The van der Waals surface area contributed by atoms with Crippen molar-refractivity contribution < 1.29 is 24.7 Å². The Morgan fingerprint density at radius 2 is 2.10 bits per heavy atom. The van der Waals surface area contributed by atoms with E-state index in [2.05, 4.69) is 5.32 Å². The van der Waals surface area contributed by atoms with Crippen molar-refractivity contribution in [2.75, 3.05) is 0 Å². The van der Waals surface area contributed by atoms with Crippen molar-refractivity contribution in [3.05, 3.63) is 33.9 Å². The number of nitrogens with one attached hydrogen (secondary N) is 1. The first-order chi connectivity index (χ1) is 9.35. The predicted molar refractivity (Wildman–Crippen MR) is 65.7 cm³/mol. The van der Waals surface area contributed by atoms with E-state index in [0.29, 0.717) is 5.56 Å². The summed E-state index contributed by atoms with van der Waals surface area (Å²) < 4.78 is 0. The van der Waals surface area contributed by atoms with Crippen molar-refractivity contribution in [2.24, 2.45) is 0 Å². The Hall–Kier alpha value is -2.64. The van der Waals surface area contributed by atoms with Crippen LogP contribution in [0.5, 0.6) is 5.75 Å². The van der Waals surface area contributed by atoms with Crippen molar-refractivity contribution in [1.82, 2.24) is 5.32 Å². The maximum atomic E-state index is 11.2. The maximum absolute atomic E-state index is 11.2. The molecule has 1 amide bonds. The molecule has 1 rings (SSSR count). The molecule has 0 radical (unpaired) electrons. The smallest absolute Gasteiger partial charge is 0.310 e. The summed E-state index contributed by atoms with van der Waals surface area (Å²) in [5.41, 5.74) is -0.235. The molecule has 8 nitrogen and oxygen atoms in total. The van der Waals surface area contributed by atoms with Crippen LogP contribution < -0.4 is 10.4 Å². The van der Waals surface area contributed by atoms with Gasteiger partial charge in [-0.3, -0.25) is 14.9 Å². The lowest BCUT2D eigenvalue weighted by Gasteiger charge is -2.19. The third kappa shape index (κ3) is 3.94. The second-order valence-electron chi connectivity index (χ2n) is 4.08. The fourth-order valence-electron chi connectivity index (χ4n) is 1.57. The molecule has 1 atom stereocenters. The van der Waals surface area contributed by atoms with E-state index in [1.54, 1.807) is 6.92 Å². The van der Waals surface area contributed by atoms with Crippen LogP contribution in [0.2, 0.25) is 0 Å². The number of carboxylic acids is 1. The molecular weight excluding hydrogens is 268 g/mol. The lowest BCUT2D eigenvalue weighted by atomic mass is 10.0. The summed E-state index contributed by atoms with van der Waals surface area (Å²) >= 11 is 0. The van der Waals surface area contributed by atoms with Gasteiger partial charge in [0.1, 0.15) is 0 Å². The monoisotopic (exact) mass is 281 g/mol. The zero-order valence-corrected chi connectivity index (χ0v) is 10.7. The quantitative estimate of drug-likeness (QED) is 0.533. The van der Waals surface area contributed by atoms with Gasteiger partial charge in [0.2, 0.25) is 5.91 Å². The van der Waals surface area contributed by atoms with Gasteiger partial charge in [-0.25, -0.2) is 0 Å². The molecule has 0 spiro atoms. The van der Waals surface area contributed by atoms with Gasteiger partial charge in [-0.1, -0.05) is 13.0 Å². The predicted octanol–water partition coefficient (Wildman–Crippen LogP) is -0.512. The second-order valence-corrected chi connectivity index (χ2v) is 4.08. The normalized spacial score (nSPS) is 11.7. The Labute approximate surface area is 114 Å². The summed E-state index contributed by atoms with van der Waals surface area (Å²) in [5, 5.41) is 33.1. The molecule has 0 aliphatic carbocycles. The van der Waals surface area contributed by atoms with Crippen LogP contribution in [0.25, 0.3) is 0 Å². The number of hydrogen-bond donors (Lipinski definition) is 2. The van der Waals surface area contributed by atoms with Gasteiger partial charge >= 0.3 is 5.69 Å². The Kier molecular flexibility index (Phi) is 5.01. The van der Waals surface area contributed by atoms with E-state index in [9.17, 15) is 29.9 Å². The molecule has 20 heavy (non-hydrogen) atoms. The highest BCUT2D eigenvalue weighted by atomic mass is 16.6. The Morgan fingerprint density at radius 3 is 2.60 bits per heavy atom. The number of nitrogens with zero attached hydrogens (tertiary/aromatic N) is 1. The summed E-state index contributed by atoms with van der Waals surface area (Å²) in [6.45, 7) is 1.56. The zero-order valence-electron chi connectivity index (χ0n) is 10.7. The Balaban J connectivity index is 2.94. The number of nitro groups is 1. The van der Waals surface area contributed by atoms with Crippen LogP contribution in [0.3, 0.4) is 0 Å². The maximum Gasteiger partial charge on any atom is 0.310 e. The van der Waals surface area contributed by atoms with Crippen LogP contribution in [0, 0.1) is 10.1 Å². The van der Waals surface area contributed by atoms with Crippen LogP contribution in [-0.4, -0.2) is 27.9 Å². The number of benzene rings is 1. The number of carboxylic acid groups (broad SMARTS) is 1. The second kappa shape index (κ2) is 6.50. The summed E-state index contributed by atoms with van der Waals surface area (Å²) in [6, 6.07) is 2.22. The van der Waals surface area contributed by atoms with Crippen molar-refractivity contribution >= 4 is 17.6 Å². The first-order valence-corrected chi connectivity index (χ1v) is 5.81. The van der Waals surface area contributed by atoms with Crippen LogP contribution in [-0.2, 0) is 16.0 Å². The SMILES string of the molecule is CCC(=O)NC(Cc1ccc(O)c([N+](=O)[O-])c1)C(=O)[O-]. The Morgan fingerprint density at radius 1 is 1.45 bits per heavy atom. The number of nitro benzene ring substituents is 1. The molecule has 0 aliphatic heterocycles. The molecule has 0 fully saturated rings. The van der Waals surface area contributed by atoms with Gasteiger partial charge in [-0.2, -0.15) is 0 Å². The van der Waals surface area contributed by atoms with Gasteiger partial charge in [-0.15, -0.1) is 0 Å². The summed E-state index contributed by atoms with van der Waals surface area (Å²) in [6.07, 6.45) is -0.0608. The lowest BCUT2D eigenvalue weighted by Crippen LogP contribution is -2.49. The van der Waals surface area contributed by atoms with E-state index >= 15 is 0 Å². The van der Waals surface area contributed by atoms with E-state index in [1.165, 1.54) is 6.07 Å². The summed E-state index contributed by atoms with van der Waals surface area (Å²) in [7, 11) is 0. The average molecular weight is 281 g/mol. The number of carbonyl (C=O) groups is 2. The van der Waals surface area contributed by atoms with Gasteiger partial charge in [0.25, 0.3) is 0 Å². The van der Waals surface area contributed by atoms with Crippen molar-refractivity contribution in [1.29, 1.82) is 0 Å². The third-order valence-electron chi connectivity index (χ3n) is 2.62. The highest BCUT2D eigenvalue weighted by Crippen LogP contribution is 2.26. The number of carbonyl (C=O) groups excluding carboxylic acids is 2. The van der Waals surface area contributed by atoms with Crippen LogP contribution in [0.15, 0.2) is 18.2 Å². The number of hydrogen-bond acceptors (Lipinski definition) is 6. The van der Waals surface area contributed by atoms with E-state index in [4.69, 9.17) is 0 Å². The molecule has 0 saturated heterocycles. The van der Waals surface area contributed by atoms with Gasteiger partial charge < -0.3 is 20.3 Å². The van der Waals surface area contributed by atoms with Gasteiger partial charge in [0, 0.05) is 12.5 Å². The van der Waals surface area contributed by atoms with Crippen LogP contribution in [0.1, 0.15) is 18.9 Å². The fourth-order valence-corrected chi connectivity index (χ4v) is 1.57. The summed E-state index contributed by atoms with van der Waals surface area (Å²) in [4.78, 5) is 32.0. The molecule has 8 heteroatoms. The molecule has 0 heterocycles. The third-order valence-corrected chi connectivity index (χ3v) is 2.62. The molecule has 0 saturated carbocycles. The molecule has 0 aromatic heterocycles. The fraction of sp³-hybridized carbons (Fsp3) is 0.333. The van der Waals surface area contributed by atoms with E-state index < -0.39 is 34.3 Å². The van der Waals surface area contributed by atoms with Crippen molar-refractivity contribution in [3.8, 4) is 5.75 Å². The summed E-state index contributed by atoms with van der Waals surface area (Å²) in [5.74, 6) is -2.46. The van der Waals surface area contributed by atoms with Crippen LogP contribution >= 0.6 is 0 Å². The molecular formula is C12H13N2O6-. The first kappa shape index (κ1) is 15.4. The van der Waals surface area contributed by atoms with Crippen LogP contribution in [0.4, 0.5) is 5.69 Å². The number of phenols is 1. The molecule has 2 N–H and O–H groups in total. The van der Waals surface area contributed by atoms with Gasteiger partial charge in [0.05, 0.1) is 16.9 Å². The van der Waals surface area contributed by atoms with E-state index in [1.807, 2.05) is 0 Å². The number of rotatable bonds is 6. The topological polar surface area (TPSA) is 133 Å². The van der Waals surface area contributed by atoms with Gasteiger partial charge in [-0.05, 0) is 18.1 Å². The lowest BCUT2D eigenvalue weighted by molar-refractivity contribution is -0.385. The van der Waals surface area contributed by atoms with Crippen molar-refractivity contribution in [3.63, 3.8) is 0 Å². The minimum atomic E-state index is -1.48. The minimum Gasteiger partial charge on any atom is -0.548 e. The highest BCUT2D eigenvalue weighted by molar-refractivity contribution is 5.82. The Bertz CT molecular complexity index is 543. The van der Waals surface area contributed by atoms with E-state index in [0.717, 1.165) is 12.1 Å². The number of phenolic OH excluding ortho intramolecular Hbond substituents is 1.